The molecule has 2 aliphatic carbocycles. The molecule has 4 nitrogen and oxygen atoms in total. The Morgan fingerprint density at radius 2 is 1.94 bits per heavy atom. The minimum atomic E-state index is -0.854. The molecule has 0 aromatic carbocycles. The lowest BCUT2D eigenvalue weighted by molar-refractivity contribution is -0.140. The van der Waals surface area contributed by atoms with E-state index in [9.17, 15) is 9.59 Å². The largest absolute Gasteiger partial charge is 0.481 e. The molecular weight excluding hydrogens is 206 g/mol. The SMILES string of the molecule is CC1(C)[C@H](C(=O)O)[C@@H]1C(=O)NCCC1CC1. The summed E-state index contributed by atoms with van der Waals surface area (Å²) in [4.78, 5) is 22.7. The Bertz CT molecular complexity index is 320. The first-order chi connectivity index (χ1) is 7.44. The molecule has 0 saturated heterocycles. The second-order valence-corrected chi connectivity index (χ2v) is 5.64. The van der Waals surface area contributed by atoms with Crippen LogP contribution < -0.4 is 5.32 Å². The smallest absolute Gasteiger partial charge is 0.307 e. The van der Waals surface area contributed by atoms with Crippen molar-refractivity contribution in [3.8, 4) is 0 Å². The number of nitrogens with one attached hydrogen (secondary N) is 1. The van der Waals surface area contributed by atoms with E-state index in [0.717, 1.165) is 12.3 Å². The Morgan fingerprint density at radius 1 is 1.31 bits per heavy atom. The Hall–Kier alpha value is -1.06. The third-order valence-corrected chi connectivity index (χ3v) is 3.92. The molecule has 2 rings (SSSR count). The molecule has 4 heteroatoms. The van der Waals surface area contributed by atoms with Gasteiger partial charge in [0.15, 0.2) is 0 Å². The van der Waals surface area contributed by atoms with E-state index >= 15 is 0 Å². The van der Waals surface area contributed by atoms with Crippen LogP contribution in [-0.2, 0) is 9.59 Å². The summed E-state index contributed by atoms with van der Waals surface area (Å²) >= 11 is 0. The maximum absolute atomic E-state index is 11.8. The number of carbonyl (C=O) groups is 2. The van der Waals surface area contributed by atoms with E-state index in [0.29, 0.717) is 6.54 Å². The monoisotopic (exact) mass is 225 g/mol. The molecule has 0 spiro atoms. The Morgan fingerprint density at radius 3 is 2.38 bits per heavy atom. The molecular formula is C12H19NO3. The number of carboxylic acid groups (broad SMARTS) is 1. The molecule has 0 bridgehead atoms. The minimum Gasteiger partial charge on any atom is -0.481 e. The highest BCUT2D eigenvalue weighted by molar-refractivity contribution is 5.91. The van der Waals surface area contributed by atoms with Crippen molar-refractivity contribution in [2.75, 3.05) is 6.54 Å². The number of hydrogen-bond acceptors (Lipinski definition) is 2. The molecule has 16 heavy (non-hydrogen) atoms. The molecule has 2 atom stereocenters. The Labute approximate surface area is 95.4 Å². The molecule has 0 aromatic heterocycles. The zero-order valence-electron chi connectivity index (χ0n) is 9.82. The van der Waals surface area contributed by atoms with Gasteiger partial charge in [-0.3, -0.25) is 9.59 Å². The van der Waals surface area contributed by atoms with Crippen LogP contribution in [0.15, 0.2) is 0 Å². The quantitative estimate of drug-likeness (QED) is 0.740. The normalized spacial score (nSPS) is 30.9. The van der Waals surface area contributed by atoms with E-state index in [1.54, 1.807) is 0 Å². The maximum Gasteiger partial charge on any atom is 0.307 e. The van der Waals surface area contributed by atoms with Crippen LogP contribution in [0.5, 0.6) is 0 Å². The van der Waals surface area contributed by atoms with E-state index in [2.05, 4.69) is 5.32 Å². The first-order valence-corrected chi connectivity index (χ1v) is 5.95. The van der Waals surface area contributed by atoms with Gasteiger partial charge >= 0.3 is 5.97 Å². The second kappa shape index (κ2) is 3.75. The van der Waals surface area contributed by atoms with Crippen LogP contribution in [0.4, 0.5) is 0 Å². The van der Waals surface area contributed by atoms with Gasteiger partial charge in [0, 0.05) is 6.54 Å². The molecule has 0 aromatic rings. The van der Waals surface area contributed by atoms with Crippen molar-refractivity contribution in [2.24, 2.45) is 23.2 Å². The number of amides is 1. The Kier molecular flexibility index (Phi) is 2.68. The molecule has 0 radical (unpaired) electrons. The summed E-state index contributed by atoms with van der Waals surface area (Å²) in [5.74, 6) is -0.995. The van der Waals surface area contributed by atoms with E-state index < -0.39 is 11.9 Å². The lowest BCUT2D eigenvalue weighted by atomic mass is 10.1. The van der Waals surface area contributed by atoms with Gasteiger partial charge in [-0.25, -0.2) is 0 Å². The zero-order valence-corrected chi connectivity index (χ0v) is 9.82. The van der Waals surface area contributed by atoms with E-state index in [1.165, 1.54) is 12.8 Å². The van der Waals surface area contributed by atoms with Crippen molar-refractivity contribution < 1.29 is 14.7 Å². The van der Waals surface area contributed by atoms with E-state index in [-0.39, 0.29) is 17.2 Å². The van der Waals surface area contributed by atoms with Crippen molar-refractivity contribution in [3.63, 3.8) is 0 Å². The van der Waals surface area contributed by atoms with E-state index in [4.69, 9.17) is 5.11 Å². The van der Waals surface area contributed by atoms with Crippen LogP contribution in [0.3, 0.4) is 0 Å². The standard InChI is InChI=1S/C12H19NO3/c1-12(2)8(9(12)11(15)16)10(14)13-6-5-7-3-4-7/h7-9H,3-6H2,1-2H3,(H,13,14)(H,15,16)/t8-,9+/m1/s1. The van der Waals surface area contributed by atoms with Gasteiger partial charge in [0.1, 0.15) is 0 Å². The molecule has 2 fully saturated rings. The van der Waals surface area contributed by atoms with Crippen molar-refractivity contribution in [1.29, 1.82) is 0 Å². The zero-order chi connectivity index (χ0) is 11.9. The van der Waals surface area contributed by atoms with Crippen LogP contribution in [0, 0.1) is 23.2 Å². The van der Waals surface area contributed by atoms with Gasteiger partial charge in [0.25, 0.3) is 0 Å². The molecule has 1 amide bonds. The van der Waals surface area contributed by atoms with Crippen LogP contribution in [0.25, 0.3) is 0 Å². The first kappa shape index (κ1) is 11.4. The van der Waals surface area contributed by atoms with E-state index in [1.807, 2.05) is 13.8 Å². The van der Waals surface area contributed by atoms with Crippen molar-refractivity contribution in [3.05, 3.63) is 0 Å². The molecule has 0 aliphatic heterocycles. The lowest BCUT2D eigenvalue weighted by Crippen LogP contribution is -2.28. The second-order valence-electron chi connectivity index (χ2n) is 5.64. The van der Waals surface area contributed by atoms with Crippen molar-refractivity contribution >= 4 is 11.9 Å². The minimum absolute atomic E-state index is 0.0851. The lowest BCUT2D eigenvalue weighted by Gasteiger charge is -2.04. The van der Waals surface area contributed by atoms with Crippen LogP contribution in [0.2, 0.25) is 0 Å². The summed E-state index contributed by atoms with van der Waals surface area (Å²) in [6, 6.07) is 0. The van der Waals surface area contributed by atoms with Gasteiger partial charge in [0.05, 0.1) is 11.8 Å². The highest BCUT2D eigenvalue weighted by atomic mass is 16.4. The summed E-state index contributed by atoms with van der Waals surface area (Å²) in [7, 11) is 0. The molecule has 0 heterocycles. The summed E-state index contributed by atoms with van der Waals surface area (Å²) in [5, 5.41) is 11.8. The highest BCUT2D eigenvalue weighted by Crippen LogP contribution is 2.58. The topological polar surface area (TPSA) is 66.4 Å². The van der Waals surface area contributed by atoms with Gasteiger partial charge in [-0.05, 0) is 17.8 Å². The maximum atomic E-state index is 11.8. The molecule has 0 unspecified atom stereocenters. The van der Waals surface area contributed by atoms with Gasteiger partial charge in [0.2, 0.25) is 5.91 Å². The first-order valence-electron chi connectivity index (χ1n) is 5.95. The van der Waals surface area contributed by atoms with Gasteiger partial charge < -0.3 is 10.4 Å². The summed E-state index contributed by atoms with van der Waals surface area (Å²) < 4.78 is 0. The number of rotatable bonds is 5. The average Bonchev–Trinajstić information content (AvgIpc) is 3.02. The summed E-state index contributed by atoms with van der Waals surface area (Å²) in [5.41, 5.74) is -0.379. The molecule has 90 valence electrons. The fourth-order valence-electron chi connectivity index (χ4n) is 2.50. The van der Waals surface area contributed by atoms with Crippen LogP contribution >= 0.6 is 0 Å². The Balaban J connectivity index is 1.78. The summed E-state index contributed by atoms with van der Waals surface area (Å²) in [6.45, 7) is 4.39. The average molecular weight is 225 g/mol. The molecule has 2 aliphatic rings. The van der Waals surface area contributed by atoms with Crippen LogP contribution in [0.1, 0.15) is 33.1 Å². The number of carbonyl (C=O) groups excluding carboxylic acids is 1. The van der Waals surface area contributed by atoms with Gasteiger partial charge in [-0.1, -0.05) is 26.7 Å². The summed E-state index contributed by atoms with van der Waals surface area (Å²) in [6.07, 6.45) is 3.60. The van der Waals surface area contributed by atoms with Crippen molar-refractivity contribution in [1.82, 2.24) is 5.32 Å². The van der Waals surface area contributed by atoms with Crippen LogP contribution in [-0.4, -0.2) is 23.5 Å². The number of hydrogen-bond donors (Lipinski definition) is 2. The highest BCUT2D eigenvalue weighted by Gasteiger charge is 2.65. The van der Waals surface area contributed by atoms with Gasteiger partial charge in [-0.2, -0.15) is 0 Å². The number of aliphatic carboxylic acids is 1. The predicted molar refractivity (Wildman–Crippen MR) is 58.7 cm³/mol. The fourth-order valence-corrected chi connectivity index (χ4v) is 2.50. The predicted octanol–water partition coefficient (Wildman–Crippen LogP) is 1.26. The number of carboxylic acids is 1. The molecule has 2 saturated carbocycles. The third kappa shape index (κ3) is 2.06. The third-order valence-electron chi connectivity index (χ3n) is 3.92. The fraction of sp³-hybridized carbons (Fsp3) is 0.833. The van der Waals surface area contributed by atoms with Crippen molar-refractivity contribution in [2.45, 2.75) is 33.1 Å². The molecule has 2 N–H and O–H groups in total. The van der Waals surface area contributed by atoms with Gasteiger partial charge in [-0.15, -0.1) is 0 Å².